The summed E-state index contributed by atoms with van der Waals surface area (Å²) in [5.41, 5.74) is -0.656. The normalized spacial score (nSPS) is 30.0. The van der Waals surface area contributed by atoms with Gasteiger partial charge in [0.1, 0.15) is 5.41 Å². The molecule has 0 fully saturated rings. The minimum atomic E-state index is -1.38. The van der Waals surface area contributed by atoms with E-state index >= 15 is 0 Å². The van der Waals surface area contributed by atoms with E-state index in [0.29, 0.717) is 22.6 Å². The van der Waals surface area contributed by atoms with Gasteiger partial charge < -0.3 is 0 Å². The zero-order chi connectivity index (χ0) is 16.8. The van der Waals surface area contributed by atoms with Crippen molar-refractivity contribution in [3.63, 3.8) is 0 Å². The minimum Gasteiger partial charge on any atom is -0.294 e. The molecule has 0 aliphatic heterocycles. The summed E-state index contributed by atoms with van der Waals surface area (Å²) in [5, 5.41) is 0.305. The summed E-state index contributed by atoms with van der Waals surface area (Å²) in [6.45, 7) is 3.45. The second-order valence-corrected chi connectivity index (χ2v) is 6.65. The van der Waals surface area contributed by atoms with Gasteiger partial charge in [0, 0.05) is 11.5 Å². The third-order valence-electron chi connectivity index (χ3n) is 5.02. The number of carbonyl (C=O) groups excluding carboxylic acids is 3. The highest BCUT2D eigenvalue weighted by molar-refractivity contribution is 6.36. The summed E-state index contributed by atoms with van der Waals surface area (Å²) < 4.78 is 0. The lowest BCUT2D eigenvalue weighted by atomic mass is 9.54. The van der Waals surface area contributed by atoms with Gasteiger partial charge in [-0.05, 0) is 43.0 Å². The predicted molar refractivity (Wildman–Crippen MR) is 88.4 cm³/mol. The highest BCUT2D eigenvalue weighted by Gasteiger charge is 2.59. The van der Waals surface area contributed by atoms with Crippen molar-refractivity contribution in [2.24, 2.45) is 17.3 Å². The second-order valence-electron chi connectivity index (χ2n) is 6.24. The van der Waals surface area contributed by atoms with Gasteiger partial charge in [-0.1, -0.05) is 42.8 Å². The molecule has 1 aromatic rings. The standard InChI is InChI=1S/C19H17ClO3/c1-11-10-16(21)19(12(2)6-5-8-14(19)17(11)22)18(23)13-7-3-4-9-15(13)20/h3-7,9-10,12,14H,8H2,1-2H3. The predicted octanol–water partition coefficient (Wildman–Crippen LogP) is 3.82. The monoisotopic (exact) mass is 328 g/mol. The first-order valence-corrected chi connectivity index (χ1v) is 8.01. The fourth-order valence-corrected chi connectivity index (χ4v) is 4.01. The molecule has 0 amide bonds. The topological polar surface area (TPSA) is 51.2 Å². The molecule has 2 aliphatic rings. The van der Waals surface area contributed by atoms with Crippen LogP contribution in [0.1, 0.15) is 30.6 Å². The van der Waals surface area contributed by atoms with Crippen LogP contribution in [-0.2, 0) is 9.59 Å². The van der Waals surface area contributed by atoms with E-state index in [1.165, 1.54) is 6.08 Å². The van der Waals surface area contributed by atoms with Crippen molar-refractivity contribution in [2.45, 2.75) is 20.3 Å². The number of rotatable bonds is 2. The van der Waals surface area contributed by atoms with E-state index in [1.54, 1.807) is 31.2 Å². The van der Waals surface area contributed by atoms with Crippen molar-refractivity contribution < 1.29 is 14.4 Å². The number of benzene rings is 1. The van der Waals surface area contributed by atoms with Crippen LogP contribution in [0.25, 0.3) is 0 Å². The van der Waals surface area contributed by atoms with Gasteiger partial charge in [0.2, 0.25) is 0 Å². The fourth-order valence-electron chi connectivity index (χ4n) is 3.79. The second kappa shape index (κ2) is 5.57. The Morgan fingerprint density at radius 1 is 1.26 bits per heavy atom. The maximum absolute atomic E-state index is 13.3. The molecular weight excluding hydrogens is 312 g/mol. The van der Waals surface area contributed by atoms with Crippen LogP contribution < -0.4 is 0 Å². The number of ketones is 3. The number of allylic oxidation sites excluding steroid dienone is 4. The van der Waals surface area contributed by atoms with Crippen molar-refractivity contribution in [3.8, 4) is 0 Å². The Bertz CT molecular complexity index is 775. The fraction of sp³-hybridized carbons (Fsp3) is 0.316. The van der Waals surface area contributed by atoms with E-state index in [2.05, 4.69) is 0 Å². The zero-order valence-electron chi connectivity index (χ0n) is 13.0. The molecule has 0 saturated carbocycles. The molecule has 3 nitrogen and oxygen atoms in total. The Morgan fingerprint density at radius 3 is 2.65 bits per heavy atom. The Labute approximate surface area is 140 Å². The van der Waals surface area contributed by atoms with Crippen LogP contribution >= 0.6 is 11.6 Å². The number of halogens is 1. The van der Waals surface area contributed by atoms with Crippen LogP contribution in [0.15, 0.2) is 48.1 Å². The third-order valence-corrected chi connectivity index (χ3v) is 5.35. The molecule has 3 unspecified atom stereocenters. The van der Waals surface area contributed by atoms with E-state index in [9.17, 15) is 14.4 Å². The molecule has 0 aromatic heterocycles. The zero-order valence-corrected chi connectivity index (χ0v) is 13.8. The van der Waals surface area contributed by atoms with Gasteiger partial charge in [-0.15, -0.1) is 0 Å². The van der Waals surface area contributed by atoms with Crippen LogP contribution in [0.2, 0.25) is 5.02 Å². The summed E-state index contributed by atoms with van der Waals surface area (Å²) in [4.78, 5) is 38.9. The first-order valence-electron chi connectivity index (χ1n) is 7.63. The summed E-state index contributed by atoms with van der Waals surface area (Å²) in [6, 6.07) is 6.69. The van der Waals surface area contributed by atoms with Crippen LogP contribution in [0, 0.1) is 17.3 Å². The molecule has 4 heteroatoms. The van der Waals surface area contributed by atoms with E-state index in [-0.39, 0.29) is 23.3 Å². The van der Waals surface area contributed by atoms with Crippen LogP contribution in [0.5, 0.6) is 0 Å². The number of hydrogen-bond acceptors (Lipinski definition) is 3. The van der Waals surface area contributed by atoms with Gasteiger partial charge >= 0.3 is 0 Å². The highest BCUT2D eigenvalue weighted by atomic mass is 35.5. The van der Waals surface area contributed by atoms with Crippen molar-refractivity contribution in [3.05, 3.63) is 58.7 Å². The molecule has 0 N–H and O–H groups in total. The van der Waals surface area contributed by atoms with Crippen molar-refractivity contribution in [1.82, 2.24) is 0 Å². The molecule has 3 rings (SSSR count). The van der Waals surface area contributed by atoms with Crippen LogP contribution in [-0.4, -0.2) is 17.3 Å². The molecule has 3 atom stereocenters. The first kappa shape index (κ1) is 15.9. The number of carbonyl (C=O) groups is 3. The molecule has 0 radical (unpaired) electrons. The lowest BCUT2D eigenvalue weighted by Gasteiger charge is -2.44. The molecule has 2 aliphatic carbocycles. The molecule has 0 bridgehead atoms. The lowest BCUT2D eigenvalue weighted by Crippen LogP contribution is -2.55. The molecule has 23 heavy (non-hydrogen) atoms. The quantitative estimate of drug-likeness (QED) is 0.471. The molecule has 0 heterocycles. The molecule has 0 saturated heterocycles. The van der Waals surface area contributed by atoms with Gasteiger partial charge in [0.25, 0.3) is 0 Å². The van der Waals surface area contributed by atoms with E-state index < -0.39 is 11.3 Å². The minimum absolute atomic E-state index is 0.124. The average Bonchev–Trinajstić information content (AvgIpc) is 2.52. The smallest absolute Gasteiger partial charge is 0.179 e. The van der Waals surface area contributed by atoms with E-state index in [0.717, 1.165) is 0 Å². The summed E-state index contributed by atoms with van der Waals surface area (Å²) in [7, 11) is 0. The molecule has 0 spiro atoms. The van der Waals surface area contributed by atoms with E-state index in [1.807, 2.05) is 19.1 Å². The van der Waals surface area contributed by atoms with Crippen molar-refractivity contribution >= 4 is 29.0 Å². The van der Waals surface area contributed by atoms with Gasteiger partial charge in [-0.25, -0.2) is 0 Å². The third kappa shape index (κ3) is 2.14. The number of fused-ring (bicyclic) bond motifs is 1. The Hall–Kier alpha value is -2.00. The SMILES string of the molecule is CC1=CC(=O)C2(C(=O)c3ccccc3Cl)C(C)C=CCC2C1=O. The van der Waals surface area contributed by atoms with Gasteiger partial charge in [0.15, 0.2) is 17.3 Å². The summed E-state index contributed by atoms with van der Waals surface area (Å²) in [6.07, 6.45) is 5.46. The first-order chi connectivity index (χ1) is 10.9. The largest absolute Gasteiger partial charge is 0.294 e. The molecule has 1 aromatic carbocycles. The van der Waals surface area contributed by atoms with Gasteiger partial charge in [0.05, 0.1) is 5.02 Å². The Balaban J connectivity index is 2.24. The number of Topliss-reactive ketones (excluding diaryl/α,β-unsaturated/α-hetero) is 2. The molecular formula is C19H17ClO3. The van der Waals surface area contributed by atoms with Crippen molar-refractivity contribution in [1.29, 1.82) is 0 Å². The maximum atomic E-state index is 13.3. The van der Waals surface area contributed by atoms with Crippen molar-refractivity contribution in [2.75, 3.05) is 0 Å². The average molecular weight is 329 g/mol. The van der Waals surface area contributed by atoms with Gasteiger partial charge in [-0.2, -0.15) is 0 Å². The van der Waals surface area contributed by atoms with E-state index in [4.69, 9.17) is 11.6 Å². The lowest BCUT2D eigenvalue weighted by molar-refractivity contribution is -0.136. The Kier molecular flexibility index (Phi) is 3.85. The Morgan fingerprint density at radius 2 is 1.96 bits per heavy atom. The number of hydrogen-bond donors (Lipinski definition) is 0. The van der Waals surface area contributed by atoms with Crippen LogP contribution in [0.3, 0.4) is 0 Å². The van der Waals surface area contributed by atoms with Gasteiger partial charge in [-0.3, -0.25) is 14.4 Å². The molecule has 118 valence electrons. The van der Waals surface area contributed by atoms with Crippen LogP contribution in [0.4, 0.5) is 0 Å². The summed E-state index contributed by atoms with van der Waals surface area (Å²) in [5.74, 6) is -1.77. The summed E-state index contributed by atoms with van der Waals surface area (Å²) >= 11 is 6.18. The highest BCUT2D eigenvalue weighted by Crippen LogP contribution is 2.50. The maximum Gasteiger partial charge on any atom is 0.179 e.